The monoisotopic (exact) mass is 407 g/mol. The predicted octanol–water partition coefficient (Wildman–Crippen LogP) is 3.86. The van der Waals surface area contributed by atoms with Crippen molar-refractivity contribution >= 4 is 29.0 Å². The molecule has 2 aromatic carbocycles. The molecule has 1 heterocycles. The quantitative estimate of drug-likeness (QED) is 0.713. The minimum atomic E-state index is -2.46. The van der Waals surface area contributed by atoms with E-state index in [1.807, 2.05) is 19.1 Å². The minimum absolute atomic E-state index is 0.134. The Balaban J connectivity index is 1.52. The second-order valence-corrected chi connectivity index (χ2v) is 7.64. The zero-order valence-electron chi connectivity index (χ0n) is 15.5. The van der Waals surface area contributed by atoms with Gasteiger partial charge in [-0.05, 0) is 43.3 Å². The number of nitrogens with one attached hydrogen (secondary N) is 1. The topological polar surface area (TPSA) is 55.8 Å². The molecule has 1 amide bonds. The van der Waals surface area contributed by atoms with E-state index in [0.29, 0.717) is 35.4 Å². The first kappa shape index (κ1) is 20.4. The maximum atomic E-state index is 12.5. The summed E-state index contributed by atoms with van der Waals surface area (Å²) in [4.78, 5) is 17.2. The number of benzene rings is 2. The molecule has 1 fully saturated rings. The number of phenolic OH excluding ortho intramolecular Hbond substituents is 1. The van der Waals surface area contributed by atoms with E-state index in [1.165, 1.54) is 0 Å². The molecule has 0 bridgehead atoms. The fourth-order valence-corrected chi connectivity index (χ4v) is 3.71. The molecule has 2 aromatic rings. The third kappa shape index (κ3) is 5.14. The third-order valence-electron chi connectivity index (χ3n) is 4.81. The first-order valence-electron chi connectivity index (χ1n) is 9.07. The van der Waals surface area contributed by atoms with E-state index < -0.39 is 5.76 Å². The van der Waals surface area contributed by atoms with E-state index in [2.05, 4.69) is 15.1 Å². The Labute approximate surface area is 167 Å². The summed E-state index contributed by atoms with van der Waals surface area (Å²) in [5.74, 6) is -2.34. The van der Waals surface area contributed by atoms with Crippen LogP contribution in [0.15, 0.2) is 53.4 Å². The molecule has 0 aromatic heterocycles. The van der Waals surface area contributed by atoms with E-state index in [-0.39, 0.29) is 17.7 Å². The second-order valence-electron chi connectivity index (χ2n) is 6.58. The van der Waals surface area contributed by atoms with Gasteiger partial charge in [-0.1, -0.05) is 23.9 Å². The van der Waals surface area contributed by atoms with Gasteiger partial charge in [-0.2, -0.15) is 8.78 Å². The van der Waals surface area contributed by atoms with Crippen LogP contribution in [0.25, 0.3) is 0 Å². The molecule has 2 N–H and O–H groups in total. The standard InChI is InChI=1S/C20H23F2N3O2S/c1-14(19(27)23-15-6-8-16(9-7-15)28-20(21)22)24-10-12-25(13-11-24)17-4-2-3-5-18(17)26/h2-9,14,20,26H,10-13H2,1H3,(H,23,27)/t14-/m1/s1. The molecule has 1 aliphatic rings. The van der Waals surface area contributed by atoms with Crippen LogP contribution in [-0.4, -0.2) is 53.9 Å². The molecule has 5 nitrogen and oxygen atoms in total. The van der Waals surface area contributed by atoms with Crippen molar-refractivity contribution in [2.24, 2.45) is 0 Å². The van der Waals surface area contributed by atoms with Gasteiger partial charge in [0.15, 0.2) is 0 Å². The van der Waals surface area contributed by atoms with Gasteiger partial charge in [0.1, 0.15) is 5.75 Å². The molecular weight excluding hydrogens is 384 g/mol. The van der Waals surface area contributed by atoms with E-state index in [0.717, 1.165) is 18.8 Å². The molecule has 0 radical (unpaired) electrons. The molecule has 150 valence electrons. The minimum Gasteiger partial charge on any atom is -0.506 e. The van der Waals surface area contributed by atoms with Crippen LogP contribution in [0.5, 0.6) is 5.75 Å². The van der Waals surface area contributed by atoms with Gasteiger partial charge < -0.3 is 15.3 Å². The van der Waals surface area contributed by atoms with Gasteiger partial charge in [0.2, 0.25) is 5.91 Å². The lowest BCUT2D eigenvalue weighted by Gasteiger charge is -2.38. The van der Waals surface area contributed by atoms with Crippen LogP contribution in [0.2, 0.25) is 0 Å². The molecule has 1 aliphatic heterocycles. The van der Waals surface area contributed by atoms with Crippen LogP contribution in [0, 0.1) is 0 Å². The van der Waals surface area contributed by atoms with Crippen LogP contribution in [0.4, 0.5) is 20.2 Å². The highest BCUT2D eigenvalue weighted by Crippen LogP contribution is 2.28. The fourth-order valence-electron chi connectivity index (χ4n) is 3.21. The number of hydrogen-bond donors (Lipinski definition) is 2. The number of carbonyl (C=O) groups is 1. The van der Waals surface area contributed by atoms with Gasteiger partial charge >= 0.3 is 0 Å². The van der Waals surface area contributed by atoms with Crippen LogP contribution >= 0.6 is 11.8 Å². The Morgan fingerprint density at radius 3 is 2.32 bits per heavy atom. The number of rotatable bonds is 6. The lowest BCUT2D eigenvalue weighted by atomic mass is 10.2. The average molecular weight is 407 g/mol. The van der Waals surface area contributed by atoms with Crippen molar-refractivity contribution in [3.63, 3.8) is 0 Å². The molecule has 0 saturated carbocycles. The lowest BCUT2D eigenvalue weighted by molar-refractivity contribution is -0.120. The summed E-state index contributed by atoms with van der Waals surface area (Å²) in [6.45, 7) is 4.69. The van der Waals surface area contributed by atoms with Crippen molar-refractivity contribution in [1.82, 2.24) is 4.90 Å². The second kappa shape index (κ2) is 9.25. The van der Waals surface area contributed by atoms with Gasteiger partial charge in [0.05, 0.1) is 11.7 Å². The number of halogens is 2. The van der Waals surface area contributed by atoms with E-state index in [4.69, 9.17) is 0 Å². The summed E-state index contributed by atoms with van der Waals surface area (Å²) in [5.41, 5.74) is 1.39. The molecular formula is C20H23F2N3O2S. The number of thioether (sulfide) groups is 1. The maximum Gasteiger partial charge on any atom is 0.288 e. The first-order valence-corrected chi connectivity index (χ1v) is 9.95. The first-order chi connectivity index (χ1) is 13.4. The Bertz CT molecular complexity index is 796. The Morgan fingerprint density at radius 1 is 1.07 bits per heavy atom. The number of para-hydroxylation sites is 2. The Kier molecular flexibility index (Phi) is 6.74. The molecule has 0 aliphatic carbocycles. The zero-order valence-corrected chi connectivity index (χ0v) is 16.3. The van der Waals surface area contributed by atoms with E-state index in [9.17, 15) is 18.7 Å². The van der Waals surface area contributed by atoms with Crippen molar-refractivity contribution in [3.8, 4) is 5.75 Å². The van der Waals surface area contributed by atoms with Crippen LogP contribution in [-0.2, 0) is 4.79 Å². The smallest absolute Gasteiger partial charge is 0.288 e. The summed E-state index contributed by atoms with van der Waals surface area (Å²) >= 11 is 0.478. The Morgan fingerprint density at radius 2 is 1.71 bits per heavy atom. The van der Waals surface area contributed by atoms with Gasteiger partial charge in [0.25, 0.3) is 5.76 Å². The summed E-state index contributed by atoms with van der Waals surface area (Å²) in [7, 11) is 0. The SMILES string of the molecule is C[C@H](C(=O)Nc1ccc(SC(F)F)cc1)N1CCN(c2ccccc2O)CC1. The number of phenols is 1. The number of hydrogen-bond acceptors (Lipinski definition) is 5. The van der Waals surface area contributed by atoms with Crippen LogP contribution < -0.4 is 10.2 Å². The molecule has 0 spiro atoms. The summed E-state index contributed by atoms with van der Waals surface area (Å²) in [5, 5.41) is 12.8. The number of carbonyl (C=O) groups excluding carboxylic acids is 1. The van der Waals surface area contributed by atoms with Crippen LogP contribution in [0.1, 0.15) is 6.92 Å². The largest absolute Gasteiger partial charge is 0.506 e. The Hall–Kier alpha value is -2.32. The number of amides is 1. The highest BCUT2D eigenvalue weighted by molar-refractivity contribution is 7.99. The lowest BCUT2D eigenvalue weighted by Crippen LogP contribution is -2.52. The summed E-state index contributed by atoms with van der Waals surface area (Å²) in [6, 6.07) is 13.3. The number of alkyl halides is 2. The van der Waals surface area contributed by atoms with Crippen molar-refractivity contribution in [2.45, 2.75) is 23.6 Å². The molecule has 28 heavy (non-hydrogen) atoms. The predicted molar refractivity (Wildman–Crippen MR) is 108 cm³/mol. The average Bonchev–Trinajstić information content (AvgIpc) is 2.69. The molecule has 1 saturated heterocycles. The van der Waals surface area contributed by atoms with Gasteiger partial charge in [-0.3, -0.25) is 9.69 Å². The molecule has 8 heteroatoms. The van der Waals surface area contributed by atoms with Crippen molar-refractivity contribution in [2.75, 3.05) is 36.4 Å². The number of nitrogens with zero attached hydrogens (tertiary/aromatic N) is 2. The van der Waals surface area contributed by atoms with Gasteiger partial charge in [-0.25, -0.2) is 0 Å². The zero-order chi connectivity index (χ0) is 20.1. The van der Waals surface area contributed by atoms with Crippen molar-refractivity contribution in [1.29, 1.82) is 0 Å². The molecule has 3 rings (SSSR count). The van der Waals surface area contributed by atoms with Gasteiger partial charge in [-0.15, -0.1) is 0 Å². The van der Waals surface area contributed by atoms with E-state index >= 15 is 0 Å². The normalized spacial score (nSPS) is 16.2. The third-order valence-corrected chi connectivity index (χ3v) is 5.53. The summed E-state index contributed by atoms with van der Waals surface area (Å²) < 4.78 is 24.7. The number of aromatic hydroxyl groups is 1. The van der Waals surface area contributed by atoms with Crippen LogP contribution in [0.3, 0.4) is 0 Å². The number of anilines is 2. The van der Waals surface area contributed by atoms with E-state index in [1.54, 1.807) is 36.4 Å². The highest BCUT2D eigenvalue weighted by atomic mass is 32.2. The van der Waals surface area contributed by atoms with Crippen molar-refractivity contribution in [3.05, 3.63) is 48.5 Å². The molecule has 1 atom stereocenters. The molecule has 0 unspecified atom stereocenters. The summed E-state index contributed by atoms with van der Waals surface area (Å²) in [6.07, 6.45) is 0. The fraction of sp³-hybridized carbons (Fsp3) is 0.350. The van der Waals surface area contributed by atoms with Crippen molar-refractivity contribution < 1.29 is 18.7 Å². The highest BCUT2D eigenvalue weighted by Gasteiger charge is 2.26. The number of piperazine rings is 1. The van der Waals surface area contributed by atoms with Gasteiger partial charge in [0, 0.05) is 36.8 Å². The maximum absolute atomic E-state index is 12.5.